The van der Waals surface area contributed by atoms with Crippen molar-refractivity contribution in [3.63, 3.8) is 0 Å². The molecule has 7 heteroatoms. The smallest absolute Gasteiger partial charge is 0.308 e. The number of carbonyl (C=O) groups excluding carboxylic acids is 4. The number of hydrogen-bond acceptors (Lipinski definition) is 5. The van der Waals surface area contributed by atoms with E-state index in [-0.39, 0.29) is 25.3 Å². The number of amides is 3. The molecule has 30 heavy (non-hydrogen) atoms. The van der Waals surface area contributed by atoms with Crippen molar-refractivity contribution in [3.05, 3.63) is 64.2 Å². The normalized spacial score (nSPS) is 13.1. The molecule has 2 aromatic rings. The van der Waals surface area contributed by atoms with E-state index in [1.807, 2.05) is 32.9 Å². The summed E-state index contributed by atoms with van der Waals surface area (Å²) >= 11 is 0. The zero-order valence-corrected chi connectivity index (χ0v) is 17.3. The van der Waals surface area contributed by atoms with E-state index < -0.39 is 24.4 Å². The lowest BCUT2D eigenvalue weighted by atomic mass is 9.98. The Labute approximate surface area is 175 Å². The molecular weight excluding hydrogens is 384 g/mol. The van der Waals surface area contributed by atoms with E-state index in [4.69, 9.17) is 4.74 Å². The molecule has 0 aliphatic carbocycles. The summed E-state index contributed by atoms with van der Waals surface area (Å²) < 4.78 is 5.01. The van der Waals surface area contributed by atoms with E-state index in [0.29, 0.717) is 16.8 Å². The number of esters is 1. The number of nitrogens with one attached hydrogen (secondary N) is 1. The Balaban J connectivity index is 1.50. The number of rotatable bonds is 6. The Bertz CT molecular complexity index is 1000. The lowest BCUT2D eigenvalue weighted by Crippen LogP contribution is -2.43. The number of fused-ring (bicyclic) bond motifs is 1. The number of ether oxygens (including phenoxy) is 1. The van der Waals surface area contributed by atoms with Crippen LogP contribution >= 0.6 is 0 Å². The Morgan fingerprint density at radius 3 is 2.43 bits per heavy atom. The number of hydrogen-bond donors (Lipinski definition) is 1. The molecule has 0 radical (unpaired) electrons. The van der Waals surface area contributed by atoms with Gasteiger partial charge in [0.1, 0.15) is 0 Å². The number of anilines is 1. The third-order valence-electron chi connectivity index (χ3n) is 4.98. The summed E-state index contributed by atoms with van der Waals surface area (Å²) in [5.41, 5.74) is 4.80. The largest absolute Gasteiger partial charge is 0.456 e. The predicted octanol–water partition coefficient (Wildman–Crippen LogP) is 2.71. The first-order valence-electron chi connectivity index (χ1n) is 9.72. The molecule has 0 unspecified atom stereocenters. The summed E-state index contributed by atoms with van der Waals surface area (Å²) in [4.78, 5) is 49.9. The molecule has 1 aliphatic heterocycles. The van der Waals surface area contributed by atoms with E-state index in [2.05, 4.69) is 5.32 Å². The topological polar surface area (TPSA) is 92.8 Å². The summed E-state index contributed by atoms with van der Waals surface area (Å²) in [5, 5.41) is 2.76. The van der Waals surface area contributed by atoms with Gasteiger partial charge in [-0.3, -0.25) is 24.1 Å². The average molecular weight is 408 g/mol. The number of imide groups is 1. The van der Waals surface area contributed by atoms with Crippen molar-refractivity contribution in [1.82, 2.24) is 4.90 Å². The van der Waals surface area contributed by atoms with Gasteiger partial charge in [0.25, 0.3) is 11.8 Å². The summed E-state index contributed by atoms with van der Waals surface area (Å²) in [6.07, 6.45) is -0.0515. The minimum absolute atomic E-state index is 0.0807. The minimum Gasteiger partial charge on any atom is -0.456 e. The maximum absolute atomic E-state index is 12.5. The number of carbonyl (C=O) groups is 4. The molecule has 7 nitrogen and oxygen atoms in total. The molecule has 0 saturated carbocycles. The molecular formula is C23H24N2O5. The number of aryl methyl sites for hydroxylation is 3. The monoisotopic (exact) mass is 408 g/mol. The molecule has 156 valence electrons. The Morgan fingerprint density at radius 1 is 1.07 bits per heavy atom. The van der Waals surface area contributed by atoms with Gasteiger partial charge in [0.2, 0.25) is 5.91 Å². The molecule has 0 atom stereocenters. The second kappa shape index (κ2) is 8.90. The van der Waals surface area contributed by atoms with Crippen molar-refractivity contribution in [2.45, 2.75) is 33.6 Å². The predicted molar refractivity (Wildman–Crippen MR) is 111 cm³/mol. The van der Waals surface area contributed by atoms with Crippen molar-refractivity contribution < 1.29 is 23.9 Å². The van der Waals surface area contributed by atoms with Gasteiger partial charge < -0.3 is 10.1 Å². The molecule has 0 saturated heterocycles. The maximum atomic E-state index is 12.5. The highest BCUT2D eigenvalue weighted by Gasteiger charge is 2.30. The van der Waals surface area contributed by atoms with Crippen molar-refractivity contribution in [2.24, 2.45) is 0 Å². The quantitative estimate of drug-likeness (QED) is 0.586. The van der Waals surface area contributed by atoms with Crippen molar-refractivity contribution in [2.75, 3.05) is 18.5 Å². The summed E-state index contributed by atoms with van der Waals surface area (Å²) in [5.74, 6) is -1.87. The number of nitrogens with zero attached hydrogens (tertiary/aromatic N) is 1. The van der Waals surface area contributed by atoms with E-state index in [0.717, 1.165) is 21.6 Å². The molecule has 1 heterocycles. The molecule has 1 aliphatic rings. The van der Waals surface area contributed by atoms with Crippen LogP contribution in [0.1, 0.15) is 39.0 Å². The molecule has 1 N–H and O–H groups in total. The lowest BCUT2D eigenvalue weighted by molar-refractivity contribution is -0.147. The Kier molecular flexibility index (Phi) is 6.30. The van der Waals surface area contributed by atoms with Crippen LogP contribution in [0.4, 0.5) is 5.69 Å². The van der Waals surface area contributed by atoms with Crippen molar-refractivity contribution >= 4 is 29.4 Å². The Morgan fingerprint density at radius 2 is 1.73 bits per heavy atom. The van der Waals surface area contributed by atoms with Gasteiger partial charge in [0.05, 0.1) is 12.8 Å². The molecule has 3 amide bonds. The van der Waals surface area contributed by atoms with E-state index >= 15 is 0 Å². The van der Waals surface area contributed by atoms with Crippen LogP contribution in [0.3, 0.4) is 0 Å². The van der Waals surface area contributed by atoms with E-state index in [9.17, 15) is 19.2 Å². The molecule has 2 aromatic carbocycles. The van der Waals surface area contributed by atoms with Gasteiger partial charge in [-0.05, 0) is 43.5 Å². The average Bonchev–Trinajstić information content (AvgIpc) is 2.69. The van der Waals surface area contributed by atoms with Crippen molar-refractivity contribution in [3.8, 4) is 0 Å². The van der Waals surface area contributed by atoms with Crippen LogP contribution in [0.25, 0.3) is 0 Å². The van der Waals surface area contributed by atoms with Crippen LogP contribution in [-0.2, 0) is 25.5 Å². The zero-order chi connectivity index (χ0) is 21.8. The second-order valence-corrected chi connectivity index (χ2v) is 7.42. The zero-order valence-electron chi connectivity index (χ0n) is 17.3. The maximum Gasteiger partial charge on any atom is 0.308 e. The third-order valence-corrected chi connectivity index (χ3v) is 4.98. The molecule has 0 aromatic heterocycles. The van der Waals surface area contributed by atoms with Crippen LogP contribution in [0.15, 0.2) is 36.4 Å². The summed E-state index contributed by atoms with van der Waals surface area (Å²) in [7, 11) is 0. The first-order valence-corrected chi connectivity index (χ1v) is 9.72. The fourth-order valence-electron chi connectivity index (χ4n) is 3.60. The lowest BCUT2D eigenvalue weighted by Gasteiger charge is -2.26. The highest BCUT2D eigenvalue weighted by Crippen LogP contribution is 2.22. The van der Waals surface area contributed by atoms with E-state index in [1.54, 1.807) is 24.3 Å². The van der Waals surface area contributed by atoms with Gasteiger partial charge >= 0.3 is 5.97 Å². The van der Waals surface area contributed by atoms with Gasteiger partial charge in [-0.2, -0.15) is 0 Å². The Hall–Kier alpha value is -3.48. The third kappa shape index (κ3) is 4.74. The first-order chi connectivity index (χ1) is 14.3. The van der Waals surface area contributed by atoms with Crippen molar-refractivity contribution in [1.29, 1.82) is 0 Å². The summed E-state index contributed by atoms with van der Waals surface area (Å²) in [6, 6.07) is 10.8. The highest BCUT2D eigenvalue weighted by atomic mass is 16.5. The summed E-state index contributed by atoms with van der Waals surface area (Å²) in [6.45, 7) is 5.25. The van der Waals surface area contributed by atoms with E-state index in [1.165, 1.54) is 0 Å². The van der Waals surface area contributed by atoms with Gasteiger partial charge in [0, 0.05) is 17.8 Å². The van der Waals surface area contributed by atoms with Crippen LogP contribution in [0.2, 0.25) is 0 Å². The van der Waals surface area contributed by atoms with Crippen LogP contribution < -0.4 is 5.32 Å². The highest BCUT2D eigenvalue weighted by molar-refractivity contribution is 6.09. The number of benzene rings is 2. The van der Waals surface area contributed by atoms with Gasteiger partial charge in [0.15, 0.2) is 6.61 Å². The standard InChI is InChI=1S/C23H24N2O5/c1-14-10-15(2)22(16(3)11-14)24-19(26)13-30-21(28)8-9-25-20(27)12-17-6-4-5-7-18(17)23(25)29/h4-7,10-11H,8-9,12-13H2,1-3H3,(H,24,26). The van der Waals surface area contributed by atoms with Crippen LogP contribution in [-0.4, -0.2) is 41.7 Å². The van der Waals surface area contributed by atoms with Crippen LogP contribution in [0, 0.1) is 20.8 Å². The SMILES string of the molecule is Cc1cc(C)c(NC(=O)COC(=O)CCN2C(=O)Cc3ccccc3C2=O)c(C)c1. The van der Waals surface area contributed by atoms with Gasteiger partial charge in [-0.25, -0.2) is 0 Å². The minimum atomic E-state index is -0.651. The molecule has 0 fully saturated rings. The van der Waals surface area contributed by atoms with Gasteiger partial charge in [-0.15, -0.1) is 0 Å². The fraction of sp³-hybridized carbons (Fsp3) is 0.304. The molecule has 0 spiro atoms. The van der Waals surface area contributed by atoms with Crippen LogP contribution in [0.5, 0.6) is 0 Å². The molecule has 0 bridgehead atoms. The second-order valence-electron chi connectivity index (χ2n) is 7.42. The fourth-order valence-corrected chi connectivity index (χ4v) is 3.60. The van der Waals surface area contributed by atoms with Gasteiger partial charge in [-0.1, -0.05) is 35.9 Å². The first kappa shape index (κ1) is 21.2. The molecule has 3 rings (SSSR count).